The van der Waals surface area contributed by atoms with Crippen LogP contribution < -0.4 is 5.43 Å². The predicted octanol–water partition coefficient (Wildman–Crippen LogP) is 3.30. The number of alkyl halides is 3. The molecule has 19 heavy (non-hydrogen) atoms. The predicted molar refractivity (Wildman–Crippen MR) is 77.2 cm³/mol. The Morgan fingerprint density at radius 2 is 2.00 bits per heavy atom. The van der Waals surface area contributed by atoms with Crippen molar-refractivity contribution < 1.29 is 9.47 Å². The Kier molecular flexibility index (Phi) is 4.26. The van der Waals surface area contributed by atoms with E-state index in [2.05, 4.69) is 10.5 Å². The van der Waals surface area contributed by atoms with Gasteiger partial charge in [-0.25, -0.2) is 5.43 Å². The molecule has 1 atom stereocenters. The molecule has 1 unspecified atom stereocenters. The van der Waals surface area contributed by atoms with E-state index in [4.69, 9.17) is 44.3 Å². The third kappa shape index (κ3) is 3.54. The van der Waals surface area contributed by atoms with E-state index >= 15 is 0 Å². The van der Waals surface area contributed by atoms with Crippen LogP contribution in [0, 0.1) is 0 Å². The first-order valence-corrected chi connectivity index (χ1v) is 6.49. The number of nitrogens with zero attached hydrogens (tertiary/aromatic N) is 1. The van der Waals surface area contributed by atoms with Crippen LogP contribution in [0.25, 0.3) is 6.08 Å². The quantitative estimate of drug-likeness (QED) is 0.869. The zero-order valence-corrected chi connectivity index (χ0v) is 12.2. The molecule has 0 aromatic heterocycles. The summed E-state index contributed by atoms with van der Waals surface area (Å²) in [7, 11) is 1.46. The number of hydrogen-bond acceptors (Lipinski definition) is 4. The molecule has 102 valence electrons. The number of rotatable bonds is 3. The van der Waals surface area contributed by atoms with Gasteiger partial charge in [0.2, 0.25) is 0 Å². The molecule has 4 nitrogen and oxygen atoms in total. The molecule has 0 bridgehead atoms. The van der Waals surface area contributed by atoms with E-state index < -0.39 is 9.70 Å². The van der Waals surface area contributed by atoms with E-state index in [1.165, 1.54) is 7.11 Å². The van der Waals surface area contributed by atoms with Gasteiger partial charge in [0.1, 0.15) is 0 Å². The number of ether oxygens (including phenoxy) is 2. The highest BCUT2D eigenvalue weighted by molar-refractivity contribution is 6.76. The zero-order chi connectivity index (χ0) is 13.9. The first kappa shape index (κ1) is 14.5. The second kappa shape index (κ2) is 5.59. The van der Waals surface area contributed by atoms with Crippen molar-refractivity contribution >= 4 is 46.8 Å². The lowest BCUT2D eigenvalue weighted by Crippen LogP contribution is -2.41. The van der Waals surface area contributed by atoms with Gasteiger partial charge in [-0.3, -0.25) is 0 Å². The highest BCUT2D eigenvalue weighted by atomic mass is 35.6. The fourth-order valence-electron chi connectivity index (χ4n) is 1.44. The minimum absolute atomic E-state index is 0.0722. The second-order valence-electron chi connectivity index (χ2n) is 3.74. The van der Waals surface area contributed by atoms with Crippen LogP contribution in [0.15, 0.2) is 41.5 Å². The molecule has 0 fully saturated rings. The van der Waals surface area contributed by atoms with Gasteiger partial charge in [-0.1, -0.05) is 71.2 Å². The third-order valence-corrected chi connectivity index (χ3v) is 2.89. The van der Waals surface area contributed by atoms with Gasteiger partial charge in [0, 0.05) is 13.2 Å². The van der Waals surface area contributed by atoms with E-state index in [1.54, 1.807) is 6.08 Å². The molecule has 1 N–H and O–H groups in total. The van der Waals surface area contributed by atoms with Crippen molar-refractivity contribution in [1.82, 2.24) is 5.43 Å². The van der Waals surface area contributed by atoms with Crippen molar-refractivity contribution in [1.29, 1.82) is 0 Å². The van der Waals surface area contributed by atoms with Gasteiger partial charge in [0.15, 0.2) is 0 Å². The van der Waals surface area contributed by atoms with Crippen molar-refractivity contribution in [2.24, 2.45) is 5.10 Å². The molecule has 2 rings (SSSR count). The number of benzene rings is 1. The van der Waals surface area contributed by atoms with E-state index in [1.807, 2.05) is 36.4 Å². The molecule has 7 heteroatoms. The summed E-state index contributed by atoms with van der Waals surface area (Å²) in [6.07, 6.45) is 3.46. The molecule has 1 heterocycles. The van der Waals surface area contributed by atoms with Crippen LogP contribution in [0.1, 0.15) is 5.56 Å². The van der Waals surface area contributed by atoms with Crippen LogP contribution in [-0.4, -0.2) is 22.7 Å². The number of halogens is 3. The van der Waals surface area contributed by atoms with Crippen LogP contribution in [-0.2, 0) is 9.47 Å². The average molecular weight is 322 g/mol. The minimum atomic E-state index is -1.74. The summed E-state index contributed by atoms with van der Waals surface area (Å²) in [5.74, 6) is -1.34. The van der Waals surface area contributed by atoms with E-state index in [9.17, 15) is 0 Å². The van der Waals surface area contributed by atoms with Gasteiger partial charge < -0.3 is 9.47 Å². The lowest BCUT2D eigenvalue weighted by molar-refractivity contribution is -0.141. The third-order valence-electron chi connectivity index (χ3n) is 2.40. The Balaban J connectivity index is 2.13. The molecule has 1 aromatic carbocycles. The van der Waals surface area contributed by atoms with E-state index in [-0.39, 0.29) is 5.90 Å². The molecule has 0 saturated carbocycles. The molecule has 0 aliphatic carbocycles. The van der Waals surface area contributed by atoms with Gasteiger partial charge >= 0.3 is 5.91 Å². The lowest BCUT2D eigenvalue weighted by Gasteiger charge is -2.23. The van der Waals surface area contributed by atoms with Gasteiger partial charge in [0.05, 0.1) is 0 Å². The largest absolute Gasteiger partial charge is 0.420 e. The van der Waals surface area contributed by atoms with E-state index in [0.717, 1.165) is 5.56 Å². The number of hydrazone groups is 1. The zero-order valence-electron chi connectivity index (χ0n) is 9.94. The molecule has 0 amide bonds. The summed E-state index contributed by atoms with van der Waals surface area (Å²) in [6.45, 7) is 0. The van der Waals surface area contributed by atoms with Crippen LogP contribution in [0.2, 0.25) is 0 Å². The molecule has 1 aliphatic heterocycles. The molecule has 0 spiro atoms. The Bertz CT molecular complexity index is 499. The summed E-state index contributed by atoms with van der Waals surface area (Å²) < 4.78 is 8.91. The number of hydrogen-bond donors (Lipinski definition) is 1. The van der Waals surface area contributed by atoms with Crippen LogP contribution >= 0.6 is 34.8 Å². The lowest BCUT2D eigenvalue weighted by atomic mass is 10.2. The Morgan fingerprint density at radius 3 is 2.53 bits per heavy atom. The number of nitrogens with one attached hydrogen (secondary N) is 1. The van der Waals surface area contributed by atoms with Crippen LogP contribution in [0.4, 0.5) is 0 Å². The average Bonchev–Trinajstić information content (AvgIpc) is 2.83. The van der Waals surface area contributed by atoms with Crippen LogP contribution in [0.3, 0.4) is 0 Å². The molecular formula is C12H11Cl3N2O2. The summed E-state index contributed by atoms with van der Waals surface area (Å²) in [5.41, 5.74) is 3.63. The molecule has 0 radical (unpaired) electrons. The maximum absolute atomic E-state index is 5.70. The van der Waals surface area contributed by atoms with Crippen LogP contribution in [0.5, 0.6) is 0 Å². The summed E-state index contributed by atoms with van der Waals surface area (Å²) >= 11 is 17.1. The second-order valence-corrected chi connectivity index (χ2v) is 6.03. The first-order chi connectivity index (χ1) is 8.95. The van der Waals surface area contributed by atoms with Gasteiger partial charge in [-0.2, -0.15) is 0 Å². The SMILES string of the molecule is COC1(C=Cc2ccccc2)NN=C(C(Cl)(Cl)Cl)O1. The standard InChI is InChI=1S/C12H11Cl3N2O2/c1-18-11(8-7-9-5-3-2-4-6-9)17-16-10(19-11)12(13,14)15/h2-8,17H,1H3. The van der Waals surface area contributed by atoms with Gasteiger partial charge in [-0.05, 0) is 5.56 Å². The summed E-state index contributed by atoms with van der Waals surface area (Å²) in [5, 5.41) is 3.82. The molecule has 1 aromatic rings. The van der Waals surface area contributed by atoms with Crippen molar-refractivity contribution in [2.45, 2.75) is 9.70 Å². The van der Waals surface area contributed by atoms with E-state index in [0.29, 0.717) is 0 Å². The fourth-order valence-corrected chi connectivity index (χ4v) is 1.68. The van der Waals surface area contributed by atoms with Crippen molar-refractivity contribution in [3.05, 3.63) is 42.0 Å². The van der Waals surface area contributed by atoms with Gasteiger partial charge in [0.25, 0.3) is 9.69 Å². The molecule has 1 aliphatic rings. The Hall–Kier alpha value is -0.940. The summed E-state index contributed by atoms with van der Waals surface area (Å²) in [6, 6.07) is 9.64. The smallest absolute Gasteiger partial charge is 0.330 e. The van der Waals surface area contributed by atoms with Crippen molar-refractivity contribution in [3.63, 3.8) is 0 Å². The normalized spacial score (nSPS) is 23.1. The fraction of sp³-hybridized carbons (Fsp3) is 0.250. The summed E-state index contributed by atoms with van der Waals surface area (Å²) in [4.78, 5) is 0. The monoisotopic (exact) mass is 320 g/mol. The number of methoxy groups -OCH3 is 1. The van der Waals surface area contributed by atoms with Crippen molar-refractivity contribution in [3.8, 4) is 0 Å². The Morgan fingerprint density at radius 1 is 1.32 bits per heavy atom. The topological polar surface area (TPSA) is 42.8 Å². The highest BCUT2D eigenvalue weighted by Gasteiger charge is 2.43. The maximum Gasteiger partial charge on any atom is 0.330 e. The minimum Gasteiger partial charge on any atom is -0.420 e. The Labute approximate surface area is 125 Å². The molecule has 0 saturated heterocycles. The molecular weight excluding hydrogens is 311 g/mol. The first-order valence-electron chi connectivity index (χ1n) is 5.36. The maximum atomic E-state index is 5.70. The van der Waals surface area contributed by atoms with Gasteiger partial charge in [-0.15, -0.1) is 5.10 Å². The van der Waals surface area contributed by atoms with Crippen molar-refractivity contribution in [2.75, 3.05) is 7.11 Å². The highest BCUT2D eigenvalue weighted by Crippen LogP contribution is 2.33.